The molecule has 0 heterocycles. The van der Waals surface area contributed by atoms with Crippen LogP contribution in [0.2, 0.25) is 0 Å². The van der Waals surface area contributed by atoms with Gasteiger partial charge in [-0.25, -0.2) is 13.6 Å². The van der Waals surface area contributed by atoms with Crippen molar-refractivity contribution in [3.63, 3.8) is 0 Å². The van der Waals surface area contributed by atoms with Crippen molar-refractivity contribution in [2.75, 3.05) is 5.32 Å². The number of halogens is 5. The average Bonchev–Trinajstić information content (AvgIpc) is 2.57. The zero-order valence-electron chi connectivity index (χ0n) is 13.6. The fourth-order valence-corrected chi connectivity index (χ4v) is 1.90. The summed E-state index contributed by atoms with van der Waals surface area (Å²) >= 11 is 0. The number of alkyl halides is 3. The van der Waals surface area contributed by atoms with Gasteiger partial charge in [-0.1, -0.05) is 0 Å². The van der Waals surface area contributed by atoms with Crippen molar-refractivity contribution in [3.8, 4) is 5.75 Å². The zero-order chi connectivity index (χ0) is 20.2. The lowest BCUT2D eigenvalue weighted by Crippen LogP contribution is -2.30. The molecule has 0 saturated heterocycles. The van der Waals surface area contributed by atoms with E-state index in [9.17, 15) is 31.5 Å². The molecular weight excluding hydrogens is 377 g/mol. The van der Waals surface area contributed by atoms with Gasteiger partial charge >= 0.3 is 12.3 Å². The van der Waals surface area contributed by atoms with Crippen molar-refractivity contribution >= 4 is 17.6 Å². The molecule has 0 aromatic heterocycles. The van der Waals surface area contributed by atoms with E-state index in [0.717, 1.165) is 42.5 Å². The molecule has 0 aliphatic rings. The van der Waals surface area contributed by atoms with E-state index in [2.05, 4.69) is 10.1 Å². The van der Waals surface area contributed by atoms with Crippen LogP contribution in [0, 0.1) is 11.6 Å². The van der Waals surface area contributed by atoms with E-state index in [1.165, 1.54) is 6.92 Å². The third-order valence-electron chi connectivity index (χ3n) is 3.16. The highest BCUT2D eigenvalue weighted by molar-refractivity contribution is 5.97. The second-order valence-corrected chi connectivity index (χ2v) is 5.23. The van der Waals surface area contributed by atoms with Crippen molar-refractivity contribution in [1.29, 1.82) is 0 Å². The molecule has 1 atom stereocenters. The third kappa shape index (κ3) is 5.94. The van der Waals surface area contributed by atoms with Crippen LogP contribution in [0.1, 0.15) is 17.3 Å². The Kier molecular flexibility index (Phi) is 5.98. The van der Waals surface area contributed by atoms with Gasteiger partial charge in [-0.2, -0.15) is 0 Å². The third-order valence-corrected chi connectivity index (χ3v) is 3.16. The average molecular weight is 389 g/mol. The molecule has 5 nitrogen and oxygen atoms in total. The molecule has 0 aliphatic heterocycles. The minimum atomic E-state index is -4.87. The normalized spacial score (nSPS) is 12.2. The summed E-state index contributed by atoms with van der Waals surface area (Å²) in [7, 11) is 0. The first-order chi connectivity index (χ1) is 12.5. The summed E-state index contributed by atoms with van der Waals surface area (Å²) in [4.78, 5) is 23.9. The Morgan fingerprint density at radius 1 is 1.04 bits per heavy atom. The lowest BCUT2D eigenvalue weighted by molar-refractivity contribution is -0.274. The smallest absolute Gasteiger partial charge is 0.449 e. The van der Waals surface area contributed by atoms with Gasteiger partial charge in [0.15, 0.2) is 6.10 Å². The molecular formula is C17H12F5NO4. The number of carbonyl (C=O) groups is 2. The Hall–Kier alpha value is -3.17. The van der Waals surface area contributed by atoms with Crippen LogP contribution >= 0.6 is 0 Å². The molecule has 1 N–H and O–H groups in total. The van der Waals surface area contributed by atoms with E-state index in [-0.39, 0.29) is 5.56 Å². The summed E-state index contributed by atoms with van der Waals surface area (Å²) < 4.78 is 71.3. The Bertz CT molecular complexity index is 836. The molecule has 1 amide bonds. The first-order valence-electron chi connectivity index (χ1n) is 7.38. The Balaban J connectivity index is 1.98. The van der Waals surface area contributed by atoms with Crippen LogP contribution in [0.3, 0.4) is 0 Å². The topological polar surface area (TPSA) is 64.6 Å². The highest BCUT2D eigenvalue weighted by Gasteiger charge is 2.31. The number of rotatable bonds is 5. The molecule has 0 aliphatic carbocycles. The summed E-state index contributed by atoms with van der Waals surface area (Å²) in [5, 5.41) is 2.07. The number of benzene rings is 2. The van der Waals surface area contributed by atoms with Crippen LogP contribution in [0.25, 0.3) is 0 Å². The summed E-state index contributed by atoms with van der Waals surface area (Å²) in [6, 6.07) is 6.25. The highest BCUT2D eigenvalue weighted by Crippen LogP contribution is 2.23. The number of esters is 1. The van der Waals surface area contributed by atoms with Gasteiger partial charge in [0.05, 0.1) is 11.3 Å². The molecule has 27 heavy (non-hydrogen) atoms. The summed E-state index contributed by atoms with van der Waals surface area (Å²) in [6.07, 6.45) is -6.26. The van der Waals surface area contributed by atoms with Crippen molar-refractivity contribution < 1.29 is 41.0 Å². The van der Waals surface area contributed by atoms with Crippen LogP contribution in [-0.4, -0.2) is 24.3 Å². The van der Waals surface area contributed by atoms with Crippen molar-refractivity contribution in [1.82, 2.24) is 0 Å². The molecule has 0 spiro atoms. The van der Waals surface area contributed by atoms with E-state index in [0.29, 0.717) is 0 Å². The Morgan fingerprint density at radius 2 is 1.67 bits per heavy atom. The lowest BCUT2D eigenvalue weighted by atomic mass is 10.2. The van der Waals surface area contributed by atoms with Gasteiger partial charge in [0.2, 0.25) is 0 Å². The van der Waals surface area contributed by atoms with Crippen molar-refractivity contribution in [2.45, 2.75) is 19.4 Å². The number of hydrogen-bond donors (Lipinski definition) is 1. The van der Waals surface area contributed by atoms with E-state index in [1.54, 1.807) is 0 Å². The number of amides is 1. The fourth-order valence-electron chi connectivity index (χ4n) is 1.90. The highest BCUT2D eigenvalue weighted by atomic mass is 19.4. The maximum Gasteiger partial charge on any atom is 0.573 e. The summed E-state index contributed by atoms with van der Waals surface area (Å²) in [6.45, 7) is 1.19. The molecule has 2 rings (SSSR count). The minimum absolute atomic E-state index is 0.138. The van der Waals surface area contributed by atoms with Gasteiger partial charge in [-0.05, 0) is 43.3 Å². The molecule has 0 bridgehead atoms. The zero-order valence-corrected chi connectivity index (χ0v) is 13.6. The fraction of sp³-hybridized carbons (Fsp3) is 0.176. The van der Waals surface area contributed by atoms with Gasteiger partial charge in [0.1, 0.15) is 17.4 Å². The molecule has 10 heteroatoms. The lowest BCUT2D eigenvalue weighted by Gasteiger charge is -2.14. The van der Waals surface area contributed by atoms with Crippen molar-refractivity contribution in [2.24, 2.45) is 0 Å². The van der Waals surface area contributed by atoms with E-state index < -0.39 is 47.4 Å². The van der Waals surface area contributed by atoms with Gasteiger partial charge < -0.3 is 14.8 Å². The van der Waals surface area contributed by atoms with Gasteiger partial charge in [0.25, 0.3) is 5.91 Å². The van der Waals surface area contributed by atoms with E-state index >= 15 is 0 Å². The van der Waals surface area contributed by atoms with Crippen LogP contribution in [0.5, 0.6) is 5.75 Å². The minimum Gasteiger partial charge on any atom is -0.449 e. The van der Waals surface area contributed by atoms with Gasteiger partial charge in [-0.3, -0.25) is 4.79 Å². The standard InChI is InChI=1S/C17H12F5NO4/c1-9(15(24)23-14-8-11(18)4-7-13(14)19)26-16(25)10-2-5-12(6-3-10)27-17(20,21)22/h2-9H,1H3,(H,23,24)/t9-/m0/s1. The van der Waals surface area contributed by atoms with Crippen LogP contribution in [0.4, 0.5) is 27.6 Å². The van der Waals surface area contributed by atoms with E-state index in [4.69, 9.17) is 4.74 Å². The molecule has 0 unspecified atom stereocenters. The van der Waals surface area contributed by atoms with Crippen LogP contribution < -0.4 is 10.1 Å². The molecule has 2 aromatic rings. The molecule has 144 valence electrons. The van der Waals surface area contributed by atoms with Crippen molar-refractivity contribution in [3.05, 3.63) is 59.7 Å². The Morgan fingerprint density at radius 3 is 2.26 bits per heavy atom. The first-order valence-corrected chi connectivity index (χ1v) is 7.38. The van der Waals surface area contributed by atoms with Crippen LogP contribution in [-0.2, 0) is 9.53 Å². The Labute approximate surface area is 149 Å². The predicted molar refractivity (Wildman–Crippen MR) is 83.0 cm³/mol. The SMILES string of the molecule is C[C@H](OC(=O)c1ccc(OC(F)(F)F)cc1)C(=O)Nc1cc(F)ccc1F. The number of anilines is 1. The summed E-state index contributed by atoms with van der Waals surface area (Å²) in [5.41, 5.74) is -0.572. The second-order valence-electron chi connectivity index (χ2n) is 5.23. The number of ether oxygens (including phenoxy) is 2. The number of nitrogens with one attached hydrogen (secondary N) is 1. The van der Waals surface area contributed by atoms with Gasteiger partial charge in [0, 0.05) is 6.07 Å². The predicted octanol–water partition coefficient (Wildman–Crippen LogP) is 4.05. The molecule has 0 saturated carbocycles. The monoisotopic (exact) mass is 389 g/mol. The van der Waals surface area contributed by atoms with Crippen LogP contribution in [0.15, 0.2) is 42.5 Å². The molecule has 0 fully saturated rings. The maximum atomic E-state index is 13.5. The maximum absolute atomic E-state index is 13.5. The second kappa shape index (κ2) is 8.02. The largest absolute Gasteiger partial charge is 0.573 e. The first kappa shape index (κ1) is 20.1. The quantitative estimate of drug-likeness (QED) is 0.619. The van der Waals surface area contributed by atoms with E-state index in [1.807, 2.05) is 0 Å². The molecule has 2 aromatic carbocycles. The number of hydrogen-bond acceptors (Lipinski definition) is 4. The summed E-state index contributed by atoms with van der Waals surface area (Å²) in [5.74, 6) is -4.13. The number of carbonyl (C=O) groups excluding carboxylic acids is 2. The van der Waals surface area contributed by atoms with Gasteiger partial charge in [-0.15, -0.1) is 13.2 Å². The molecule has 0 radical (unpaired) electrons.